The molecule has 0 saturated heterocycles. The van der Waals surface area contributed by atoms with E-state index in [0.29, 0.717) is 24.1 Å². The number of nitrogens with one attached hydrogen (secondary N) is 2. The Hall–Kier alpha value is -2.50. The number of nitrogens with zero attached hydrogens (tertiary/aromatic N) is 1. The number of aryl methyl sites for hydroxylation is 1. The highest BCUT2D eigenvalue weighted by Crippen LogP contribution is 2.18. The lowest BCUT2D eigenvalue weighted by Gasteiger charge is -2.28. The van der Waals surface area contributed by atoms with Gasteiger partial charge in [0.25, 0.3) is 5.91 Å². The Morgan fingerprint density at radius 3 is 2.40 bits per heavy atom. The molecule has 2 aromatic carbocycles. The second kappa shape index (κ2) is 15.5. The Kier molecular flexibility index (Phi) is 12.7. The summed E-state index contributed by atoms with van der Waals surface area (Å²) in [7, 11) is 0. The molecule has 0 radical (unpaired) electrons. The Labute approximate surface area is 217 Å². The number of hydrogen-bond acceptors (Lipinski definition) is 4. The van der Waals surface area contributed by atoms with Crippen molar-refractivity contribution in [1.82, 2.24) is 14.9 Å². The Balaban J connectivity index is 1.91. The van der Waals surface area contributed by atoms with Crippen LogP contribution in [0, 0.1) is 12.8 Å². The maximum atomic E-state index is 12.7. The summed E-state index contributed by atoms with van der Waals surface area (Å²) in [4.78, 5) is 15.0. The first-order valence-electron chi connectivity index (χ1n) is 12.7. The molecule has 190 valence electrons. The van der Waals surface area contributed by atoms with Crippen molar-refractivity contribution in [2.24, 2.45) is 5.92 Å². The Morgan fingerprint density at radius 2 is 1.74 bits per heavy atom. The Morgan fingerprint density at radius 1 is 1.06 bits per heavy atom. The summed E-state index contributed by atoms with van der Waals surface area (Å²) in [6.45, 7) is 19.3. The number of benzene rings is 2. The van der Waals surface area contributed by atoms with Gasteiger partial charge in [0.1, 0.15) is 0 Å². The van der Waals surface area contributed by atoms with Crippen LogP contribution in [0.1, 0.15) is 61.5 Å². The normalized spacial score (nSPS) is 11.8. The van der Waals surface area contributed by atoms with Crippen LogP contribution >= 0.6 is 11.9 Å². The fourth-order valence-electron chi connectivity index (χ4n) is 3.87. The van der Waals surface area contributed by atoms with Gasteiger partial charge in [-0.3, -0.25) is 9.52 Å². The molecule has 2 N–H and O–H groups in total. The van der Waals surface area contributed by atoms with E-state index in [1.807, 2.05) is 37.3 Å². The van der Waals surface area contributed by atoms with E-state index in [9.17, 15) is 4.79 Å². The number of amides is 1. The van der Waals surface area contributed by atoms with Crippen molar-refractivity contribution in [3.8, 4) is 0 Å². The molecule has 0 aromatic heterocycles. The predicted octanol–water partition coefficient (Wildman–Crippen LogP) is 6.75. The van der Waals surface area contributed by atoms with E-state index in [2.05, 4.69) is 73.1 Å². The average Bonchev–Trinajstić information content (AvgIpc) is 2.85. The summed E-state index contributed by atoms with van der Waals surface area (Å²) < 4.78 is 3.64. The molecule has 0 aliphatic rings. The molecule has 0 fully saturated rings. The molecule has 1 unspecified atom stereocenters. The minimum atomic E-state index is -0.0592. The van der Waals surface area contributed by atoms with Crippen LogP contribution in [0.3, 0.4) is 0 Å². The van der Waals surface area contributed by atoms with Gasteiger partial charge in [0.05, 0.1) is 6.54 Å². The van der Waals surface area contributed by atoms with Crippen LogP contribution in [-0.4, -0.2) is 35.7 Å². The summed E-state index contributed by atoms with van der Waals surface area (Å²) >= 11 is 1.79. The highest BCUT2D eigenvalue weighted by atomic mass is 32.2. The van der Waals surface area contributed by atoms with Gasteiger partial charge in [0.2, 0.25) is 0 Å². The molecule has 0 heterocycles. The van der Waals surface area contributed by atoms with Crippen molar-refractivity contribution in [1.29, 1.82) is 0 Å². The molecule has 2 rings (SSSR count). The van der Waals surface area contributed by atoms with Gasteiger partial charge in [-0.05, 0) is 49.3 Å². The fraction of sp³-hybridized carbons (Fsp3) is 0.433. The SMILES string of the molecule is C=C(CC)C(CC(C)C)NSCCCN(Cc1ccccc1)C(=C)CNC(=O)c1ccccc1C. The summed E-state index contributed by atoms with van der Waals surface area (Å²) in [6.07, 6.45) is 3.13. The van der Waals surface area contributed by atoms with Crippen molar-refractivity contribution >= 4 is 17.9 Å². The molecule has 5 heteroatoms. The minimum absolute atomic E-state index is 0.0592. The lowest BCUT2D eigenvalue weighted by Crippen LogP contribution is -2.33. The monoisotopic (exact) mass is 493 g/mol. The summed E-state index contributed by atoms with van der Waals surface area (Å²) in [6, 6.07) is 18.4. The lowest BCUT2D eigenvalue weighted by molar-refractivity contribution is 0.0953. The zero-order valence-corrected chi connectivity index (χ0v) is 22.8. The lowest BCUT2D eigenvalue weighted by atomic mass is 9.97. The number of carbonyl (C=O) groups excluding carboxylic acids is 1. The number of carbonyl (C=O) groups is 1. The van der Waals surface area contributed by atoms with Crippen molar-refractivity contribution in [2.75, 3.05) is 18.8 Å². The molecule has 0 aliphatic heterocycles. The maximum Gasteiger partial charge on any atom is 0.251 e. The minimum Gasteiger partial charge on any atom is -0.369 e. The topological polar surface area (TPSA) is 44.4 Å². The van der Waals surface area contributed by atoms with Crippen LogP contribution < -0.4 is 10.0 Å². The van der Waals surface area contributed by atoms with Crippen molar-refractivity contribution in [2.45, 2.75) is 59.5 Å². The third-order valence-electron chi connectivity index (χ3n) is 6.06. The van der Waals surface area contributed by atoms with Crippen LogP contribution in [0.25, 0.3) is 0 Å². The number of hydrogen-bond donors (Lipinski definition) is 2. The maximum absolute atomic E-state index is 12.7. The third-order valence-corrected chi connectivity index (χ3v) is 7.00. The van der Waals surface area contributed by atoms with E-state index in [1.165, 1.54) is 11.1 Å². The highest BCUT2D eigenvalue weighted by Gasteiger charge is 2.14. The van der Waals surface area contributed by atoms with E-state index in [0.717, 1.165) is 49.4 Å². The highest BCUT2D eigenvalue weighted by molar-refractivity contribution is 7.97. The van der Waals surface area contributed by atoms with Gasteiger partial charge >= 0.3 is 0 Å². The fourth-order valence-corrected chi connectivity index (χ4v) is 4.73. The van der Waals surface area contributed by atoms with E-state index in [-0.39, 0.29) is 5.91 Å². The summed E-state index contributed by atoms with van der Waals surface area (Å²) in [5.74, 6) is 1.58. The molecule has 35 heavy (non-hydrogen) atoms. The standard InChI is InChI=1S/C30H43N3OS/c1-7-24(4)29(20-23(2)3)32-35-19-13-18-33(22-27-15-9-8-10-16-27)26(6)21-31-30(34)28-17-12-11-14-25(28)5/h8-12,14-17,23,29,32H,4,6-7,13,18-22H2,1-3,5H3,(H,31,34). The molecule has 1 amide bonds. The van der Waals surface area contributed by atoms with E-state index in [4.69, 9.17) is 0 Å². The van der Waals surface area contributed by atoms with Gasteiger partial charge in [0.15, 0.2) is 0 Å². The van der Waals surface area contributed by atoms with Crippen molar-refractivity contribution < 1.29 is 4.79 Å². The molecule has 2 aromatic rings. The molecular formula is C30H43N3OS. The van der Waals surface area contributed by atoms with Crippen LogP contribution in [0.2, 0.25) is 0 Å². The first kappa shape index (κ1) is 28.7. The summed E-state index contributed by atoms with van der Waals surface area (Å²) in [5.41, 5.74) is 5.12. The molecule has 0 saturated carbocycles. The Bertz CT molecular complexity index is 942. The van der Waals surface area contributed by atoms with Crippen molar-refractivity contribution in [3.63, 3.8) is 0 Å². The summed E-state index contributed by atoms with van der Waals surface area (Å²) in [5, 5.41) is 3.05. The second-order valence-corrected chi connectivity index (χ2v) is 10.4. The van der Waals surface area contributed by atoms with E-state index in [1.54, 1.807) is 11.9 Å². The molecule has 4 nitrogen and oxygen atoms in total. The van der Waals surface area contributed by atoms with Gasteiger partial charge in [0, 0.05) is 36.1 Å². The first-order chi connectivity index (χ1) is 16.8. The van der Waals surface area contributed by atoms with Crippen LogP contribution in [-0.2, 0) is 6.54 Å². The van der Waals surface area contributed by atoms with Gasteiger partial charge in [-0.15, -0.1) is 0 Å². The van der Waals surface area contributed by atoms with Gasteiger partial charge in [-0.1, -0.05) is 100.0 Å². The predicted molar refractivity (Wildman–Crippen MR) is 152 cm³/mol. The zero-order chi connectivity index (χ0) is 25.6. The van der Waals surface area contributed by atoms with Crippen LogP contribution in [0.15, 0.2) is 79.0 Å². The first-order valence-corrected chi connectivity index (χ1v) is 13.7. The largest absolute Gasteiger partial charge is 0.369 e. The van der Waals surface area contributed by atoms with Crippen LogP contribution in [0.5, 0.6) is 0 Å². The van der Waals surface area contributed by atoms with Crippen molar-refractivity contribution in [3.05, 3.63) is 95.7 Å². The molecule has 0 spiro atoms. The number of rotatable bonds is 16. The average molecular weight is 494 g/mol. The molecule has 1 atom stereocenters. The molecule has 0 aliphatic carbocycles. The molecule has 0 bridgehead atoms. The quantitative estimate of drug-likeness (QED) is 0.154. The second-order valence-electron chi connectivity index (χ2n) is 9.48. The van der Waals surface area contributed by atoms with Gasteiger partial charge < -0.3 is 10.2 Å². The smallest absolute Gasteiger partial charge is 0.251 e. The van der Waals surface area contributed by atoms with Gasteiger partial charge in [-0.2, -0.15) is 0 Å². The van der Waals surface area contributed by atoms with E-state index < -0.39 is 0 Å². The van der Waals surface area contributed by atoms with Gasteiger partial charge in [-0.25, -0.2) is 0 Å². The van der Waals surface area contributed by atoms with E-state index >= 15 is 0 Å². The molecular weight excluding hydrogens is 450 g/mol. The van der Waals surface area contributed by atoms with Crippen LogP contribution in [0.4, 0.5) is 0 Å². The zero-order valence-electron chi connectivity index (χ0n) is 22.0. The third kappa shape index (κ3) is 10.3.